The molecule has 0 aromatic carbocycles. The highest BCUT2D eigenvalue weighted by atomic mass is 16.4. The van der Waals surface area contributed by atoms with Gasteiger partial charge >= 0.3 is 12.0 Å². The third-order valence-corrected chi connectivity index (χ3v) is 4.53. The zero-order chi connectivity index (χ0) is 15.2. The molecule has 0 aromatic heterocycles. The Labute approximate surface area is 126 Å². The molecule has 1 unspecified atom stereocenters. The molecule has 6 heteroatoms. The van der Waals surface area contributed by atoms with Gasteiger partial charge in [0.05, 0.1) is 0 Å². The molecule has 2 aliphatic rings. The molecule has 2 fully saturated rings. The van der Waals surface area contributed by atoms with Crippen molar-refractivity contribution in [3.63, 3.8) is 0 Å². The molecule has 2 amide bonds. The molecule has 2 aliphatic heterocycles. The molecular formula is C15H27N3O3. The Bertz CT molecular complexity index is 375. The van der Waals surface area contributed by atoms with Gasteiger partial charge in [-0.05, 0) is 32.2 Å². The van der Waals surface area contributed by atoms with Crippen molar-refractivity contribution in [1.29, 1.82) is 0 Å². The fraction of sp³-hybridized carbons (Fsp3) is 0.867. The standard InChI is InChI=1S/C15H27N3O3/c1-2-3-7-13(14(19)20)16-15(21)18-10-5-9-17-8-4-6-12(17)11-18/h12-13H,2-11H2,1H3,(H,16,21)(H,19,20)/t12?,13-/m0/s1. The maximum absolute atomic E-state index is 12.4. The zero-order valence-electron chi connectivity index (χ0n) is 12.9. The lowest BCUT2D eigenvalue weighted by Crippen LogP contribution is -2.50. The summed E-state index contributed by atoms with van der Waals surface area (Å²) in [6, 6.07) is -0.523. The van der Waals surface area contributed by atoms with Crippen LogP contribution in [0.3, 0.4) is 0 Å². The molecule has 0 radical (unpaired) electrons. The van der Waals surface area contributed by atoms with Gasteiger partial charge in [-0.2, -0.15) is 0 Å². The minimum absolute atomic E-state index is 0.216. The number of carbonyl (C=O) groups excluding carboxylic acids is 1. The molecule has 2 atom stereocenters. The van der Waals surface area contributed by atoms with Crippen LogP contribution in [0.5, 0.6) is 0 Å². The molecule has 2 saturated heterocycles. The van der Waals surface area contributed by atoms with Crippen LogP contribution in [-0.4, -0.2) is 65.2 Å². The van der Waals surface area contributed by atoms with Gasteiger partial charge in [-0.15, -0.1) is 0 Å². The maximum Gasteiger partial charge on any atom is 0.326 e. The average molecular weight is 297 g/mol. The average Bonchev–Trinajstić information content (AvgIpc) is 2.79. The molecule has 6 nitrogen and oxygen atoms in total. The van der Waals surface area contributed by atoms with E-state index in [1.54, 1.807) is 4.90 Å². The van der Waals surface area contributed by atoms with E-state index >= 15 is 0 Å². The molecule has 0 saturated carbocycles. The lowest BCUT2D eigenvalue weighted by molar-refractivity contribution is -0.139. The predicted molar refractivity (Wildman–Crippen MR) is 80.3 cm³/mol. The van der Waals surface area contributed by atoms with E-state index in [0.29, 0.717) is 12.5 Å². The molecule has 0 bridgehead atoms. The van der Waals surface area contributed by atoms with Gasteiger partial charge in [-0.25, -0.2) is 9.59 Å². The minimum Gasteiger partial charge on any atom is -0.480 e. The van der Waals surface area contributed by atoms with Crippen LogP contribution < -0.4 is 5.32 Å². The second kappa shape index (κ2) is 7.64. The number of unbranched alkanes of at least 4 members (excludes halogenated alkanes) is 1. The van der Waals surface area contributed by atoms with Crippen molar-refractivity contribution in [1.82, 2.24) is 15.1 Å². The van der Waals surface area contributed by atoms with Crippen molar-refractivity contribution in [2.75, 3.05) is 26.2 Å². The number of urea groups is 1. The van der Waals surface area contributed by atoms with E-state index in [9.17, 15) is 14.7 Å². The van der Waals surface area contributed by atoms with Crippen molar-refractivity contribution < 1.29 is 14.7 Å². The number of carboxylic acids is 1. The number of rotatable bonds is 5. The van der Waals surface area contributed by atoms with Gasteiger partial charge in [0.1, 0.15) is 6.04 Å². The van der Waals surface area contributed by atoms with Crippen LogP contribution in [0.4, 0.5) is 4.79 Å². The van der Waals surface area contributed by atoms with Crippen molar-refractivity contribution in [2.24, 2.45) is 0 Å². The molecule has 21 heavy (non-hydrogen) atoms. The van der Waals surface area contributed by atoms with E-state index in [1.807, 2.05) is 6.92 Å². The topological polar surface area (TPSA) is 72.9 Å². The van der Waals surface area contributed by atoms with E-state index in [0.717, 1.165) is 51.9 Å². The Morgan fingerprint density at radius 3 is 2.76 bits per heavy atom. The predicted octanol–water partition coefficient (Wildman–Crippen LogP) is 1.51. The number of hydrogen-bond donors (Lipinski definition) is 2. The molecule has 0 aliphatic carbocycles. The Kier molecular flexibility index (Phi) is 5.85. The SMILES string of the molecule is CCCC[C@H](NC(=O)N1CCCN2CCCC2C1)C(=O)O. The first-order valence-electron chi connectivity index (χ1n) is 8.14. The number of fused-ring (bicyclic) bond motifs is 1. The van der Waals surface area contributed by atoms with E-state index in [2.05, 4.69) is 10.2 Å². The number of hydrogen-bond acceptors (Lipinski definition) is 3. The molecular weight excluding hydrogens is 270 g/mol. The highest BCUT2D eigenvalue weighted by molar-refractivity contribution is 5.82. The quantitative estimate of drug-likeness (QED) is 0.807. The minimum atomic E-state index is -0.936. The zero-order valence-corrected chi connectivity index (χ0v) is 12.9. The van der Waals surface area contributed by atoms with Crippen LogP contribution in [0.25, 0.3) is 0 Å². The van der Waals surface area contributed by atoms with E-state index in [-0.39, 0.29) is 6.03 Å². The van der Waals surface area contributed by atoms with Gasteiger partial charge in [0, 0.05) is 25.7 Å². The summed E-state index contributed by atoms with van der Waals surface area (Å²) >= 11 is 0. The highest BCUT2D eigenvalue weighted by Crippen LogP contribution is 2.21. The maximum atomic E-state index is 12.4. The molecule has 2 N–H and O–H groups in total. The summed E-state index contributed by atoms with van der Waals surface area (Å²) in [5.41, 5.74) is 0. The highest BCUT2D eigenvalue weighted by Gasteiger charge is 2.31. The van der Waals surface area contributed by atoms with Crippen molar-refractivity contribution in [3.05, 3.63) is 0 Å². The van der Waals surface area contributed by atoms with Crippen molar-refractivity contribution >= 4 is 12.0 Å². The first-order chi connectivity index (χ1) is 10.1. The Balaban J connectivity index is 1.90. The lowest BCUT2D eigenvalue weighted by atomic mass is 10.1. The largest absolute Gasteiger partial charge is 0.480 e. The van der Waals surface area contributed by atoms with Crippen LogP contribution in [-0.2, 0) is 4.79 Å². The first kappa shape index (κ1) is 16.1. The van der Waals surface area contributed by atoms with Crippen LogP contribution in [0, 0.1) is 0 Å². The fourth-order valence-electron chi connectivity index (χ4n) is 3.30. The number of nitrogens with one attached hydrogen (secondary N) is 1. The van der Waals surface area contributed by atoms with Crippen LogP contribution >= 0.6 is 0 Å². The van der Waals surface area contributed by atoms with Gasteiger partial charge in [0.2, 0.25) is 0 Å². The fourth-order valence-corrected chi connectivity index (χ4v) is 3.30. The second-order valence-electron chi connectivity index (χ2n) is 6.11. The molecule has 0 spiro atoms. The summed E-state index contributed by atoms with van der Waals surface area (Å²) in [6.45, 7) is 5.65. The Hall–Kier alpha value is -1.30. The van der Waals surface area contributed by atoms with Crippen LogP contribution in [0.15, 0.2) is 0 Å². The molecule has 2 heterocycles. The summed E-state index contributed by atoms with van der Waals surface area (Å²) in [6.07, 6.45) is 5.56. The lowest BCUT2D eigenvalue weighted by Gasteiger charge is -2.27. The number of carbonyl (C=O) groups is 2. The third-order valence-electron chi connectivity index (χ3n) is 4.53. The van der Waals surface area contributed by atoms with Gasteiger partial charge in [0.15, 0.2) is 0 Å². The summed E-state index contributed by atoms with van der Waals surface area (Å²) in [7, 11) is 0. The van der Waals surface area contributed by atoms with Crippen molar-refractivity contribution in [3.8, 4) is 0 Å². The Morgan fingerprint density at radius 1 is 1.29 bits per heavy atom. The molecule has 2 rings (SSSR count). The van der Waals surface area contributed by atoms with Crippen LogP contribution in [0.2, 0.25) is 0 Å². The van der Waals surface area contributed by atoms with Gasteiger partial charge < -0.3 is 15.3 Å². The summed E-state index contributed by atoms with van der Waals surface area (Å²) in [4.78, 5) is 27.8. The number of aliphatic carboxylic acids is 1. The third kappa shape index (κ3) is 4.33. The summed E-state index contributed by atoms with van der Waals surface area (Å²) in [5, 5.41) is 11.9. The number of nitrogens with zero attached hydrogens (tertiary/aromatic N) is 2. The van der Waals surface area contributed by atoms with Gasteiger partial charge in [-0.1, -0.05) is 19.8 Å². The smallest absolute Gasteiger partial charge is 0.326 e. The van der Waals surface area contributed by atoms with Crippen molar-refractivity contribution in [2.45, 2.75) is 57.5 Å². The Morgan fingerprint density at radius 2 is 2.05 bits per heavy atom. The van der Waals surface area contributed by atoms with E-state index in [1.165, 1.54) is 6.42 Å². The van der Waals surface area contributed by atoms with E-state index in [4.69, 9.17) is 0 Å². The second-order valence-corrected chi connectivity index (χ2v) is 6.11. The first-order valence-corrected chi connectivity index (χ1v) is 8.14. The van der Waals surface area contributed by atoms with Gasteiger partial charge in [0.25, 0.3) is 0 Å². The number of carboxylic acid groups (broad SMARTS) is 1. The summed E-state index contributed by atoms with van der Waals surface area (Å²) in [5.74, 6) is -0.936. The monoisotopic (exact) mass is 297 g/mol. The molecule has 0 aromatic rings. The van der Waals surface area contributed by atoms with E-state index < -0.39 is 12.0 Å². The summed E-state index contributed by atoms with van der Waals surface area (Å²) < 4.78 is 0. The number of amides is 2. The molecule has 120 valence electrons. The normalized spacial score (nSPS) is 24.2. The van der Waals surface area contributed by atoms with Gasteiger partial charge in [-0.3, -0.25) is 4.90 Å². The van der Waals surface area contributed by atoms with Crippen LogP contribution in [0.1, 0.15) is 45.4 Å².